The number of rotatable bonds is 23. The molecule has 0 aliphatic rings. The molecule has 0 saturated carbocycles. The number of carbonyl (C=O) groups is 2. The van der Waals surface area contributed by atoms with Crippen LogP contribution in [0.5, 0.6) is 0 Å². The number of fused-ring (bicyclic) bond motifs is 2. The first kappa shape index (κ1) is 107. The van der Waals surface area contributed by atoms with E-state index in [-0.39, 0.29) is 294 Å². The summed E-state index contributed by atoms with van der Waals surface area (Å²) in [6.07, 6.45) is 0. The van der Waals surface area contributed by atoms with Crippen molar-refractivity contribution in [2.45, 2.75) is 39.2 Å². The number of halogens is 2. The van der Waals surface area contributed by atoms with Gasteiger partial charge in [-0.3, -0.25) is 0 Å². The van der Waals surface area contributed by atoms with Gasteiger partial charge in [-0.1, -0.05) is 12.1 Å². The summed E-state index contributed by atoms with van der Waals surface area (Å²) >= 11 is 12.4. The SMILES string of the molecule is NC(=O)Nc1cc(Nc2nc(Cl)nc(Nc3ccc(-c4ccc(Nc5nc(Cl)nc(Nc6ccc(N=Nc7cc8c(S(=O)(=O)[O-])cc(S(=O)(=O)[O-])cc8cc7S(=O)(=O)[O-])c(NC(N)=O)c6)n5)cc4S(=O)(=O)[O-])c(S(=O)(=O)[O-])c3)n2)ccc1N=Nc1cc2c(S(=O)(=O)[O-])cc(S(=O)(=O)[O-])cc2cc1S(=O)(=O)[O-].[Na+].[Na+].[Na+].[Na+].[Na+].[Na+].[Na+].[Na+]. The third kappa shape index (κ3) is 27.6. The molecule has 44 nitrogen and oxygen atoms in total. The van der Waals surface area contributed by atoms with E-state index < -0.39 is 211 Å². The van der Waals surface area contributed by atoms with Crippen LogP contribution in [0.3, 0.4) is 0 Å². The Kier molecular flexibility index (Phi) is 39.3. The number of carbonyl (C=O) groups excluding carboxylic acids is 2. The van der Waals surface area contributed by atoms with Crippen LogP contribution in [0.15, 0.2) is 181 Å². The van der Waals surface area contributed by atoms with Gasteiger partial charge in [0.05, 0.1) is 50.5 Å². The Hall–Kier alpha value is -2.90. The van der Waals surface area contributed by atoms with Gasteiger partial charge in [-0.25, -0.2) is 76.9 Å². The Balaban J connectivity index is 0.00000551. The number of amides is 4. The number of hydrogen-bond donors (Lipinski definition) is 8. The van der Waals surface area contributed by atoms with Crippen molar-refractivity contribution >= 4 is 218 Å². The summed E-state index contributed by atoms with van der Waals surface area (Å²) in [5.41, 5.74) is 5.31. The summed E-state index contributed by atoms with van der Waals surface area (Å²) in [7, 11) is -44.7. The van der Waals surface area contributed by atoms with E-state index in [0.717, 1.165) is 48.5 Å². The van der Waals surface area contributed by atoms with Crippen molar-refractivity contribution in [1.82, 2.24) is 29.9 Å². The second kappa shape index (κ2) is 41.8. The maximum absolute atomic E-state index is 12.9. The number of anilines is 10. The molecular formula is C52H30Cl2N18Na8O26S8. The van der Waals surface area contributed by atoms with Gasteiger partial charge >= 0.3 is 249 Å². The van der Waals surface area contributed by atoms with Gasteiger partial charge in [0.1, 0.15) is 104 Å². The van der Waals surface area contributed by atoms with Crippen LogP contribution in [0.2, 0.25) is 10.6 Å². The second-order valence-corrected chi connectivity index (χ2v) is 32.3. The fourth-order valence-corrected chi connectivity index (χ4v) is 15.1. The molecule has 0 radical (unpaired) electrons. The molecule has 0 bridgehead atoms. The van der Waals surface area contributed by atoms with E-state index in [4.69, 9.17) is 34.7 Å². The van der Waals surface area contributed by atoms with E-state index in [2.05, 4.69) is 82.3 Å². The van der Waals surface area contributed by atoms with E-state index in [1.54, 1.807) is 0 Å². The quantitative estimate of drug-likeness (QED) is 0.0167. The Morgan fingerprint density at radius 3 is 0.833 bits per heavy atom. The molecule has 114 heavy (non-hydrogen) atoms. The summed E-state index contributed by atoms with van der Waals surface area (Å²) in [6, 6.07) is 12.9. The third-order valence-electron chi connectivity index (χ3n) is 13.7. The van der Waals surface area contributed by atoms with Gasteiger partial charge in [0.25, 0.3) is 0 Å². The largest absolute Gasteiger partial charge is 1.00 e. The van der Waals surface area contributed by atoms with E-state index >= 15 is 0 Å². The third-order valence-corrected chi connectivity index (χ3v) is 20.9. The zero-order valence-electron chi connectivity index (χ0n) is 58.8. The van der Waals surface area contributed by atoms with Crippen molar-refractivity contribution in [2.24, 2.45) is 31.9 Å². The van der Waals surface area contributed by atoms with E-state index in [1.165, 1.54) is 12.1 Å². The van der Waals surface area contributed by atoms with Crippen molar-refractivity contribution in [3.05, 3.63) is 132 Å². The summed E-state index contributed by atoms with van der Waals surface area (Å²) in [4.78, 5) is 38.2. The fourth-order valence-electron chi connectivity index (χ4n) is 9.48. The van der Waals surface area contributed by atoms with Gasteiger partial charge in [0, 0.05) is 44.6 Å². The first-order chi connectivity index (χ1) is 48.9. The van der Waals surface area contributed by atoms with Crippen molar-refractivity contribution in [1.29, 1.82) is 0 Å². The van der Waals surface area contributed by atoms with Crippen LogP contribution in [-0.4, -0.2) is 146 Å². The first-order valence-electron chi connectivity index (χ1n) is 27.3. The number of urea groups is 2. The summed E-state index contributed by atoms with van der Waals surface area (Å²) in [6.45, 7) is 0. The number of azo groups is 2. The summed E-state index contributed by atoms with van der Waals surface area (Å²) < 4.78 is 296. The number of nitrogens with one attached hydrogen (secondary N) is 6. The van der Waals surface area contributed by atoms with Gasteiger partial charge in [-0.2, -0.15) is 29.9 Å². The molecule has 0 aliphatic carbocycles. The molecule has 0 aliphatic heterocycles. The predicted octanol–water partition coefficient (Wildman–Crippen LogP) is -18.6. The number of primary amides is 2. The molecule has 2 heterocycles. The average molecular weight is 1830 g/mol. The zero-order chi connectivity index (χ0) is 77.9. The molecule has 0 fully saturated rings. The molecule has 4 amide bonds. The van der Waals surface area contributed by atoms with Crippen LogP contribution in [-0.2, 0) is 80.9 Å². The van der Waals surface area contributed by atoms with Crippen molar-refractivity contribution in [3.63, 3.8) is 0 Å². The number of hydrogen-bond acceptors (Lipinski definition) is 40. The van der Waals surface area contributed by atoms with Crippen molar-refractivity contribution in [2.75, 3.05) is 31.9 Å². The van der Waals surface area contributed by atoms with Gasteiger partial charge in [-0.15, -0.1) is 20.5 Å². The topological polar surface area (TPSA) is 743 Å². The Morgan fingerprint density at radius 1 is 0.307 bits per heavy atom. The van der Waals surface area contributed by atoms with Crippen LogP contribution in [0.4, 0.5) is 90.3 Å². The molecule has 62 heteroatoms. The van der Waals surface area contributed by atoms with Crippen LogP contribution >= 0.6 is 23.2 Å². The maximum Gasteiger partial charge on any atom is 1.00 e. The standard InChI is InChI=1S/C52H38Cl2N18O26S8.8Na/c53-45-63-49(57-23-3-7-33(35(13-23)61-47(55)73)69-71-37-19-31-21(11-43(37)105(93,94)95)9-27(99(75,76)77)17-41(31)103(87,88)89)67-51(65-45)59-25-1-5-29(39(15-25)101(81,82)83)30-6-2-26(16-40(30)102(84,85)86)60-52-66-46(54)64-50(68-52)58-24-4-8-34(36(14-24)62-48(56)74)70-72-38-20-32-22(12-44(38)106(96,97)98)10-28(100(78,79)80)18-42(32)104(90,91)92;;;;;;;;/h1-20H,(H3,55,61,73)(H3,56,62,74)(H,75,76,77)(H,78,79,80)(H,81,82,83)(H,84,85,86)(H,87,88,89)(H,90,91,92)(H,93,94,95)(H,96,97,98)(H2,57,59,63,65,67)(H2,58,60,64,66,68);;;;;;;;/q;8*+1/p-8. The fraction of sp³-hybridized carbons (Fsp3) is 0. The molecule has 0 unspecified atom stereocenters. The minimum atomic E-state index is -5.64. The predicted molar refractivity (Wildman–Crippen MR) is 354 cm³/mol. The molecule has 2 aromatic heterocycles. The molecule has 8 aromatic carbocycles. The summed E-state index contributed by atoms with van der Waals surface area (Å²) in [5, 5.41) is 26.0. The van der Waals surface area contributed by atoms with E-state index in [9.17, 15) is 113 Å². The number of aromatic nitrogens is 6. The molecular weight excluding hydrogens is 1800 g/mol. The smallest absolute Gasteiger partial charge is 0.744 e. The van der Waals surface area contributed by atoms with Crippen molar-refractivity contribution in [3.8, 4) is 11.1 Å². The van der Waals surface area contributed by atoms with Crippen LogP contribution in [0.1, 0.15) is 0 Å². The molecule has 0 saturated heterocycles. The van der Waals surface area contributed by atoms with Crippen molar-refractivity contribution < 1.29 is 350 Å². The van der Waals surface area contributed by atoms with E-state index in [0.29, 0.717) is 48.5 Å². The van der Waals surface area contributed by atoms with Crippen LogP contribution in [0, 0.1) is 0 Å². The molecule has 10 N–H and O–H groups in total. The monoisotopic (exact) mass is 1830 g/mol. The second-order valence-electron chi connectivity index (χ2n) is 20.8. The molecule has 10 aromatic rings. The van der Waals surface area contributed by atoms with Crippen LogP contribution in [0.25, 0.3) is 32.7 Å². The Labute approximate surface area is 830 Å². The number of benzene rings is 8. The van der Waals surface area contributed by atoms with Crippen LogP contribution < -0.4 is 280 Å². The van der Waals surface area contributed by atoms with Gasteiger partial charge in [0.2, 0.25) is 34.4 Å². The molecule has 10 rings (SSSR count). The number of nitrogens with two attached hydrogens (primary N) is 2. The minimum absolute atomic E-state index is 0. The molecule has 554 valence electrons. The first-order valence-corrected chi connectivity index (χ1v) is 39.3. The number of nitrogens with zero attached hydrogens (tertiary/aromatic N) is 10. The Bertz CT molecular complexity index is 6190. The molecule has 0 spiro atoms. The van der Waals surface area contributed by atoms with Gasteiger partial charge in [0.15, 0.2) is 0 Å². The molecule has 0 atom stereocenters. The average Bonchev–Trinajstić information content (AvgIpc) is 0.763. The van der Waals surface area contributed by atoms with E-state index in [1.807, 2.05) is 0 Å². The van der Waals surface area contributed by atoms with Gasteiger partial charge in [-0.05, 0) is 143 Å². The Morgan fingerprint density at radius 2 is 0.570 bits per heavy atom. The minimum Gasteiger partial charge on any atom is -0.744 e. The van der Waals surface area contributed by atoms with Gasteiger partial charge < -0.3 is 79.8 Å². The summed E-state index contributed by atoms with van der Waals surface area (Å²) in [5.74, 6) is -1.85. The zero-order valence-corrected chi connectivity index (χ0v) is 82.9. The maximum atomic E-state index is 12.9. The normalized spacial score (nSPS) is 11.8.